The average Bonchev–Trinajstić information content (AvgIpc) is 2.71. The molecule has 3 N–H and O–H groups in total. The van der Waals surface area contributed by atoms with Gasteiger partial charge in [0.15, 0.2) is 5.13 Å². The first-order chi connectivity index (χ1) is 7.69. The fraction of sp³-hybridized carbons (Fsp3) is 0.600. The number of nitrogens with two attached hydrogens (primary N) is 1. The molecule has 1 aliphatic heterocycles. The van der Waals surface area contributed by atoms with Gasteiger partial charge in [0.25, 0.3) is 0 Å². The summed E-state index contributed by atoms with van der Waals surface area (Å²) in [5, 5.41) is 3.49. The summed E-state index contributed by atoms with van der Waals surface area (Å²) in [7, 11) is 0. The Morgan fingerprint density at radius 2 is 2.44 bits per heavy atom. The average molecular weight is 240 g/mol. The molecule has 0 unspecified atom stereocenters. The number of nitrogens with zero attached hydrogens (tertiary/aromatic N) is 2. The summed E-state index contributed by atoms with van der Waals surface area (Å²) >= 11 is 1.52. The maximum Gasteiger partial charge on any atom is 0.234 e. The van der Waals surface area contributed by atoms with Gasteiger partial charge in [0, 0.05) is 24.5 Å². The summed E-state index contributed by atoms with van der Waals surface area (Å²) in [6.45, 7) is 4.77. The maximum absolute atomic E-state index is 11.5. The number of amides is 1. The summed E-state index contributed by atoms with van der Waals surface area (Å²) in [5.41, 5.74) is 6.64. The van der Waals surface area contributed by atoms with Crippen molar-refractivity contribution in [2.45, 2.75) is 26.4 Å². The molecular formula is C10H16N4OS. The lowest BCUT2D eigenvalue weighted by atomic mass is 10.4. The minimum atomic E-state index is 0.0879. The first kappa shape index (κ1) is 11.3. The van der Waals surface area contributed by atoms with Gasteiger partial charge in [-0.2, -0.15) is 0 Å². The molecule has 0 aromatic carbocycles. The lowest BCUT2D eigenvalue weighted by Gasteiger charge is -2.13. The van der Waals surface area contributed by atoms with Crippen LogP contribution in [0.15, 0.2) is 0 Å². The molecule has 5 nitrogen and oxygen atoms in total. The van der Waals surface area contributed by atoms with Crippen LogP contribution in [0.25, 0.3) is 0 Å². The number of rotatable bonds is 4. The molecule has 0 saturated carbocycles. The van der Waals surface area contributed by atoms with Gasteiger partial charge in [-0.15, -0.1) is 11.3 Å². The van der Waals surface area contributed by atoms with Gasteiger partial charge in [-0.25, -0.2) is 4.98 Å². The second kappa shape index (κ2) is 4.80. The largest absolute Gasteiger partial charge is 0.375 e. The van der Waals surface area contributed by atoms with E-state index in [9.17, 15) is 4.79 Å². The fourth-order valence-corrected chi connectivity index (χ4v) is 2.64. The van der Waals surface area contributed by atoms with Crippen molar-refractivity contribution in [3.63, 3.8) is 0 Å². The highest BCUT2D eigenvalue weighted by Crippen LogP contribution is 2.28. The normalized spacial score (nSPS) is 15.1. The second-order valence-corrected chi connectivity index (χ2v) is 5.03. The van der Waals surface area contributed by atoms with Crippen LogP contribution in [0.3, 0.4) is 0 Å². The van der Waals surface area contributed by atoms with Crippen LogP contribution in [0, 0.1) is 0 Å². The predicted octanol–water partition coefficient (Wildman–Crippen LogP) is 0.567. The van der Waals surface area contributed by atoms with Gasteiger partial charge in [0.1, 0.15) is 0 Å². The third kappa shape index (κ3) is 2.51. The van der Waals surface area contributed by atoms with E-state index in [-0.39, 0.29) is 5.91 Å². The van der Waals surface area contributed by atoms with Crippen molar-refractivity contribution >= 4 is 22.4 Å². The van der Waals surface area contributed by atoms with Crippen molar-refractivity contribution in [2.75, 3.05) is 18.8 Å². The molecule has 0 atom stereocenters. The first-order valence-corrected chi connectivity index (χ1v) is 6.23. The van der Waals surface area contributed by atoms with Gasteiger partial charge in [-0.05, 0) is 6.42 Å². The van der Waals surface area contributed by atoms with Crippen LogP contribution >= 0.6 is 11.3 Å². The molecule has 2 rings (SSSR count). The van der Waals surface area contributed by atoms with Gasteiger partial charge < -0.3 is 11.1 Å². The summed E-state index contributed by atoms with van der Waals surface area (Å²) in [6.07, 6.45) is 0.969. The number of carbonyl (C=O) groups excluding carboxylic acids is 1. The SMILES string of the molecule is CCCNC(=O)CN1Cc2nc(N)sc2C1. The lowest BCUT2D eigenvalue weighted by molar-refractivity contribution is -0.122. The Balaban J connectivity index is 1.83. The van der Waals surface area contributed by atoms with Crippen LogP contribution in [0.1, 0.15) is 23.9 Å². The van der Waals surface area contributed by atoms with Crippen molar-refractivity contribution in [3.05, 3.63) is 10.6 Å². The van der Waals surface area contributed by atoms with Crippen molar-refractivity contribution in [3.8, 4) is 0 Å². The molecule has 16 heavy (non-hydrogen) atoms. The van der Waals surface area contributed by atoms with E-state index in [0.29, 0.717) is 11.7 Å². The molecular weight excluding hydrogens is 224 g/mol. The third-order valence-electron chi connectivity index (χ3n) is 2.47. The van der Waals surface area contributed by atoms with Gasteiger partial charge in [0.2, 0.25) is 5.91 Å². The van der Waals surface area contributed by atoms with Crippen LogP contribution < -0.4 is 11.1 Å². The number of fused-ring (bicyclic) bond motifs is 1. The molecule has 6 heteroatoms. The number of aromatic nitrogens is 1. The number of hydrogen-bond acceptors (Lipinski definition) is 5. The number of thiazole rings is 1. The summed E-state index contributed by atoms with van der Waals surface area (Å²) in [6, 6.07) is 0. The maximum atomic E-state index is 11.5. The van der Waals surface area contributed by atoms with E-state index >= 15 is 0 Å². The zero-order valence-corrected chi connectivity index (χ0v) is 10.1. The Labute approximate surface area is 98.7 Å². The molecule has 1 aliphatic rings. The van der Waals surface area contributed by atoms with Crippen LogP contribution in [0.4, 0.5) is 5.13 Å². The van der Waals surface area contributed by atoms with E-state index in [0.717, 1.165) is 31.7 Å². The Morgan fingerprint density at radius 3 is 3.12 bits per heavy atom. The van der Waals surface area contributed by atoms with Crippen LogP contribution in [-0.4, -0.2) is 28.9 Å². The zero-order valence-electron chi connectivity index (χ0n) is 9.32. The Morgan fingerprint density at radius 1 is 1.62 bits per heavy atom. The number of nitrogens with one attached hydrogen (secondary N) is 1. The standard InChI is InChI=1S/C10H16N4OS/c1-2-3-12-9(15)6-14-4-7-8(5-14)16-10(11)13-7/h2-6H2,1H3,(H2,11,13)(H,12,15). The van der Waals surface area contributed by atoms with Crippen LogP contribution in [0.5, 0.6) is 0 Å². The fourth-order valence-electron chi connectivity index (χ4n) is 1.76. The monoisotopic (exact) mass is 240 g/mol. The third-order valence-corrected chi connectivity index (χ3v) is 3.39. The quantitative estimate of drug-likeness (QED) is 0.807. The summed E-state index contributed by atoms with van der Waals surface area (Å²) in [5.74, 6) is 0.0879. The molecule has 2 heterocycles. The molecule has 0 spiro atoms. The van der Waals surface area contributed by atoms with Gasteiger partial charge in [0.05, 0.1) is 12.2 Å². The summed E-state index contributed by atoms with van der Waals surface area (Å²) in [4.78, 5) is 19.0. The first-order valence-electron chi connectivity index (χ1n) is 5.42. The molecule has 88 valence electrons. The zero-order chi connectivity index (χ0) is 11.5. The van der Waals surface area contributed by atoms with Gasteiger partial charge in [-0.1, -0.05) is 6.92 Å². The predicted molar refractivity (Wildman–Crippen MR) is 63.9 cm³/mol. The number of nitrogen functional groups attached to an aromatic ring is 1. The smallest absolute Gasteiger partial charge is 0.234 e. The molecule has 0 saturated heterocycles. The van der Waals surface area contributed by atoms with Crippen LogP contribution in [0.2, 0.25) is 0 Å². The second-order valence-electron chi connectivity index (χ2n) is 3.92. The van der Waals surface area contributed by atoms with Crippen molar-refractivity contribution < 1.29 is 4.79 Å². The van der Waals surface area contributed by atoms with E-state index in [4.69, 9.17) is 5.73 Å². The Hall–Kier alpha value is -1.14. The number of anilines is 1. The topological polar surface area (TPSA) is 71.2 Å². The molecule has 1 aromatic rings. The van der Waals surface area contributed by atoms with Crippen molar-refractivity contribution in [1.29, 1.82) is 0 Å². The van der Waals surface area contributed by atoms with E-state index < -0.39 is 0 Å². The summed E-state index contributed by atoms with van der Waals surface area (Å²) < 4.78 is 0. The lowest BCUT2D eigenvalue weighted by Crippen LogP contribution is -2.34. The van der Waals surface area contributed by atoms with Crippen molar-refractivity contribution in [1.82, 2.24) is 15.2 Å². The molecule has 0 aliphatic carbocycles. The minimum Gasteiger partial charge on any atom is -0.375 e. The van der Waals surface area contributed by atoms with Crippen LogP contribution in [-0.2, 0) is 17.9 Å². The van der Waals surface area contributed by atoms with Gasteiger partial charge in [-0.3, -0.25) is 9.69 Å². The number of carbonyl (C=O) groups is 1. The van der Waals surface area contributed by atoms with E-state index in [1.54, 1.807) is 0 Å². The van der Waals surface area contributed by atoms with E-state index in [1.807, 2.05) is 6.92 Å². The highest BCUT2D eigenvalue weighted by atomic mass is 32.1. The molecule has 1 aromatic heterocycles. The molecule has 0 bridgehead atoms. The highest BCUT2D eigenvalue weighted by molar-refractivity contribution is 7.15. The highest BCUT2D eigenvalue weighted by Gasteiger charge is 2.24. The van der Waals surface area contributed by atoms with E-state index in [1.165, 1.54) is 16.2 Å². The molecule has 0 radical (unpaired) electrons. The Bertz CT molecular complexity index is 367. The van der Waals surface area contributed by atoms with Gasteiger partial charge >= 0.3 is 0 Å². The minimum absolute atomic E-state index is 0.0879. The van der Waals surface area contributed by atoms with E-state index in [2.05, 4.69) is 15.2 Å². The molecule has 0 fully saturated rings. The van der Waals surface area contributed by atoms with Crippen molar-refractivity contribution in [2.24, 2.45) is 0 Å². The number of hydrogen-bond donors (Lipinski definition) is 2. The Kier molecular flexibility index (Phi) is 3.40. The molecule has 1 amide bonds.